The Kier molecular flexibility index (Phi) is 3.02. The molecule has 1 aliphatic rings. The lowest BCUT2D eigenvalue weighted by atomic mass is 9.53. The van der Waals surface area contributed by atoms with Gasteiger partial charge in [-0.05, 0) is 38.5 Å². The van der Waals surface area contributed by atoms with E-state index in [0.29, 0.717) is 12.8 Å². The van der Waals surface area contributed by atoms with Gasteiger partial charge >= 0.3 is 0 Å². The van der Waals surface area contributed by atoms with E-state index in [1.807, 2.05) is 6.92 Å². The third-order valence-corrected chi connectivity index (χ3v) is 4.08. The minimum absolute atomic E-state index is 0.207. The van der Waals surface area contributed by atoms with Crippen molar-refractivity contribution in [2.45, 2.75) is 39.2 Å². The maximum atomic E-state index is 11.4. The van der Waals surface area contributed by atoms with Gasteiger partial charge in [0.15, 0.2) is 0 Å². The number of amides is 2. The van der Waals surface area contributed by atoms with Crippen molar-refractivity contribution in [1.29, 1.82) is 0 Å². The van der Waals surface area contributed by atoms with Crippen LogP contribution in [0.5, 0.6) is 0 Å². The minimum Gasteiger partial charge on any atom is -0.390 e. The summed E-state index contributed by atoms with van der Waals surface area (Å²) in [5, 5.41) is 9.91. The first-order valence-corrected chi connectivity index (χ1v) is 5.46. The second-order valence-electron chi connectivity index (χ2n) is 5.29. The molecule has 0 saturated heterocycles. The van der Waals surface area contributed by atoms with Crippen molar-refractivity contribution in [2.75, 3.05) is 0 Å². The van der Waals surface area contributed by atoms with E-state index in [-0.39, 0.29) is 11.8 Å². The summed E-state index contributed by atoms with van der Waals surface area (Å²) in [6.45, 7) is 5.12. The molecule has 0 bridgehead atoms. The molecule has 0 spiro atoms. The summed E-state index contributed by atoms with van der Waals surface area (Å²) in [6.07, 6.45) is 1.08. The van der Waals surface area contributed by atoms with E-state index in [2.05, 4.69) is 0 Å². The Morgan fingerprint density at radius 1 is 1.38 bits per heavy atom. The van der Waals surface area contributed by atoms with Gasteiger partial charge in [0.2, 0.25) is 11.8 Å². The molecule has 2 atom stereocenters. The lowest BCUT2D eigenvalue weighted by Crippen LogP contribution is -2.62. The number of hydrogen-bond acceptors (Lipinski definition) is 3. The predicted octanol–water partition coefficient (Wildman–Crippen LogP) is -0.240. The van der Waals surface area contributed by atoms with Crippen molar-refractivity contribution < 1.29 is 14.7 Å². The zero-order valence-corrected chi connectivity index (χ0v) is 9.99. The molecule has 2 amide bonds. The first-order valence-electron chi connectivity index (χ1n) is 5.46. The number of hydrogen-bond donors (Lipinski definition) is 3. The molecule has 0 aromatic heterocycles. The highest BCUT2D eigenvalue weighted by molar-refractivity contribution is 6.05. The maximum absolute atomic E-state index is 11.4. The molecular weight excluding hydrogens is 208 g/mol. The Balaban J connectivity index is 3.00. The average Bonchev–Trinajstić information content (AvgIpc) is 1.98. The predicted molar refractivity (Wildman–Crippen MR) is 59.0 cm³/mol. The molecule has 92 valence electrons. The van der Waals surface area contributed by atoms with Gasteiger partial charge in [0.1, 0.15) is 5.41 Å². The van der Waals surface area contributed by atoms with Gasteiger partial charge in [-0.3, -0.25) is 9.59 Å². The molecule has 1 rings (SSSR count). The summed E-state index contributed by atoms with van der Waals surface area (Å²) in [5.74, 6) is -1.82. The summed E-state index contributed by atoms with van der Waals surface area (Å²) in [6, 6.07) is 0. The average molecular weight is 228 g/mol. The van der Waals surface area contributed by atoms with E-state index in [9.17, 15) is 14.7 Å². The molecule has 1 unspecified atom stereocenters. The van der Waals surface area contributed by atoms with Crippen molar-refractivity contribution in [3.8, 4) is 0 Å². The van der Waals surface area contributed by atoms with Gasteiger partial charge in [-0.15, -0.1) is 0 Å². The fourth-order valence-corrected chi connectivity index (χ4v) is 2.50. The summed E-state index contributed by atoms with van der Waals surface area (Å²) in [7, 11) is 0. The molecule has 0 aromatic rings. The van der Waals surface area contributed by atoms with Crippen molar-refractivity contribution in [1.82, 2.24) is 0 Å². The lowest BCUT2D eigenvalue weighted by Gasteiger charge is -2.50. The standard InChI is InChI=1S/C11H20N2O3/c1-6(10(2,3)16)7-4-5-11(7,8(12)14)9(13)15/h6-7,16H,4-5H2,1-3H3,(H2,12,14)(H2,13,15)/t6-,7?/m1/s1. The first kappa shape index (κ1) is 13.0. The van der Waals surface area contributed by atoms with Gasteiger partial charge in [-0.2, -0.15) is 0 Å². The van der Waals surface area contributed by atoms with Crippen LogP contribution in [0.4, 0.5) is 0 Å². The van der Waals surface area contributed by atoms with Crippen molar-refractivity contribution in [2.24, 2.45) is 28.7 Å². The van der Waals surface area contributed by atoms with Crippen LogP contribution in [-0.2, 0) is 9.59 Å². The monoisotopic (exact) mass is 228 g/mol. The van der Waals surface area contributed by atoms with Gasteiger partial charge in [0.25, 0.3) is 0 Å². The number of aliphatic hydroxyl groups is 1. The highest BCUT2D eigenvalue weighted by atomic mass is 16.3. The second kappa shape index (κ2) is 3.73. The van der Waals surface area contributed by atoms with Gasteiger partial charge in [-0.25, -0.2) is 0 Å². The summed E-state index contributed by atoms with van der Waals surface area (Å²) in [5.41, 5.74) is 8.35. The van der Waals surface area contributed by atoms with E-state index >= 15 is 0 Å². The van der Waals surface area contributed by atoms with Crippen LogP contribution in [-0.4, -0.2) is 22.5 Å². The first-order chi connectivity index (χ1) is 7.14. The Labute approximate surface area is 95.2 Å². The third kappa shape index (κ3) is 1.69. The molecule has 5 heteroatoms. The molecule has 1 fully saturated rings. The van der Waals surface area contributed by atoms with Crippen molar-refractivity contribution in [3.05, 3.63) is 0 Å². The third-order valence-electron chi connectivity index (χ3n) is 4.08. The fraction of sp³-hybridized carbons (Fsp3) is 0.818. The molecule has 0 radical (unpaired) electrons. The Bertz CT molecular complexity index is 306. The molecule has 16 heavy (non-hydrogen) atoms. The maximum Gasteiger partial charge on any atom is 0.233 e. The Morgan fingerprint density at radius 2 is 1.81 bits per heavy atom. The van der Waals surface area contributed by atoms with Gasteiger partial charge in [0.05, 0.1) is 5.60 Å². The van der Waals surface area contributed by atoms with Crippen LogP contribution in [0.15, 0.2) is 0 Å². The smallest absolute Gasteiger partial charge is 0.233 e. The summed E-state index contributed by atoms with van der Waals surface area (Å²) in [4.78, 5) is 22.9. The number of carbonyl (C=O) groups excluding carboxylic acids is 2. The summed E-state index contributed by atoms with van der Waals surface area (Å²) < 4.78 is 0. The van der Waals surface area contributed by atoms with E-state index < -0.39 is 22.8 Å². The normalized spacial score (nSPS) is 25.6. The zero-order valence-electron chi connectivity index (χ0n) is 9.99. The molecule has 5 nitrogen and oxygen atoms in total. The molecular formula is C11H20N2O3. The molecule has 1 saturated carbocycles. The van der Waals surface area contributed by atoms with Gasteiger partial charge < -0.3 is 16.6 Å². The van der Waals surface area contributed by atoms with Gasteiger partial charge in [-0.1, -0.05) is 6.92 Å². The number of rotatable bonds is 4. The largest absolute Gasteiger partial charge is 0.390 e. The van der Waals surface area contributed by atoms with E-state index in [1.165, 1.54) is 0 Å². The zero-order chi connectivity index (χ0) is 12.7. The van der Waals surface area contributed by atoms with Crippen LogP contribution in [0.25, 0.3) is 0 Å². The van der Waals surface area contributed by atoms with E-state index in [1.54, 1.807) is 13.8 Å². The summed E-state index contributed by atoms with van der Waals surface area (Å²) >= 11 is 0. The van der Waals surface area contributed by atoms with Crippen molar-refractivity contribution >= 4 is 11.8 Å². The van der Waals surface area contributed by atoms with Crippen molar-refractivity contribution in [3.63, 3.8) is 0 Å². The number of carbonyl (C=O) groups is 2. The van der Waals surface area contributed by atoms with E-state index in [0.717, 1.165) is 0 Å². The van der Waals surface area contributed by atoms with Gasteiger partial charge in [0, 0.05) is 0 Å². The minimum atomic E-state index is -1.26. The number of nitrogens with two attached hydrogens (primary N) is 2. The fourth-order valence-electron chi connectivity index (χ4n) is 2.50. The van der Waals surface area contributed by atoms with Crippen LogP contribution >= 0.6 is 0 Å². The highest BCUT2D eigenvalue weighted by Crippen LogP contribution is 2.52. The topological polar surface area (TPSA) is 106 Å². The van der Waals surface area contributed by atoms with Crippen LogP contribution in [0.2, 0.25) is 0 Å². The number of primary amides is 2. The molecule has 0 aromatic carbocycles. The Hall–Kier alpha value is -1.10. The van der Waals surface area contributed by atoms with Crippen LogP contribution in [0.1, 0.15) is 33.6 Å². The molecule has 1 aliphatic carbocycles. The highest BCUT2D eigenvalue weighted by Gasteiger charge is 2.59. The lowest BCUT2D eigenvalue weighted by molar-refractivity contribution is -0.160. The molecule has 0 heterocycles. The SMILES string of the molecule is C[C@H](C1CCC1(C(N)=O)C(N)=O)C(C)(C)O. The van der Waals surface area contributed by atoms with Crippen LogP contribution in [0.3, 0.4) is 0 Å². The quantitative estimate of drug-likeness (QED) is 0.578. The van der Waals surface area contributed by atoms with Crippen LogP contribution in [0, 0.1) is 17.3 Å². The second-order valence-corrected chi connectivity index (χ2v) is 5.29. The van der Waals surface area contributed by atoms with E-state index in [4.69, 9.17) is 11.5 Å². The molecule has 0 aliphatic heterocycles. The Morgan fingerprint density at radius 3 is 2.00 bits per heavy atom. The molecule has 5 N–H and O–H groups in total. The van der Waals surface area contributed by atoms with Crippen LogP contribution < -0.4 is 11.5 Å².